The molecule has 3 aromatic rings. The van der Waals surface area contributed by atoms with Gasteiger partial charge in [-0.3, -0.25) is 14.8 Å². The van der Waals surface area contributed by atoms with Crippen molar-refractivity contribution in [1.29, 1.82) is 0 Å². The van der Waals surface area contributed by atoms with Crippen LogP contribution in [0, 0.1) is 6.92 Å². The van der Waals surface area contributed by atoms with Crippen LogP contribution < -0.4 is 5.32 Å². The zero-order valence-electron chi connectivity index (χ0n) is 13.4. The van der Waals surface area contributed by atoms with Gasteiger partial charge in [0.2, 0.25) is 5.89 Å². The van der Waals surface area contributed by atoms with Crippen LogP contribution in [0.1, 0.15) is 22.1 Å². The molecule has 0 fully saturated rings. The number of nitrogens with one attached hydrogen (secondary N) is 1. The number of hydrogen-bond donors (Lipinski definition) is 1. The normalized spacial score (nSPS) is 10.8. The molecule has 0 saturated heterocycles. The van der Waals surface area contributed by atoms with Gasteiger partial charge in [-0.25, -0.2) is 0 Å². The molecule has 0 spiro atoms. The van der Waals surface area contributed by atoms with Crippen LogP contribution in [0.15, 0.2) is 45.7 Å². The fourth-order valence-electron chi connectivity index (χ4n) is 2.01. The van der Waals surface area contributed by atoms with Crippen molar-refractivity contribution in [2.24, 2.45) is 7.05 Å². The van der Waals surface area contributed by atoms with Crippen molar-refractivity contribution in [3.63, 3.8) is 0 Å². The van der Waals surface area contributed by atoms with E-state index in [4.69, 9.17) is 4.42 Å². The highest BCUT2D eigenvalue weighted by Crippen LogP contribution is 2.18. The van der Waals surface area contributed by atoms with Crippen LogP contribution in [-0.2, 0) is 13.5 Å². The van der Waals surface area contributed by atoms with E-state index in [-0.39, 0.29) is 11.9 Å². The van der Waals surface area contributed by atoms with Crippen LogP contribution in [0.3, 0.4) is 0 Å². The summed E-state index contributed by atoms with van der Waals surface area (Å²) >= 11 is 1.71. The number of anilines is 1. The molecule has 0 aliphatic carbocycles. The summed E-state index contributed by atoms with van der Waals surface area (Å²) in [5.41, 5.74) is 1.21. The van der Waals surface area contributed by atoms with Crippen molar-refractivity contribution in [3.8, 4) is 0 Å². The highest BCUT2D eigenvalue weighted by Gasteiger charge is 2.14. The topological polar surface area (TPSA) is 85.8 Å². The molecule has 2 heterocycles. The Morgan fingerprint density at radius 1 is 1.29 bits per heavy atom. The smallest absolute Gasteiger partial charge is 0.322 e. The van der Waals surface area contributed by atoms with Crippen LogP contribution in [0.25, 0.3) is 0 Å². The maximum atomic E-state index is 12.1. The molecule has 24 heavy (non-hydrogen) atoms. The molecule has 7 nitrogen and oxygen atoms in total. The third kappa shape index (κ3) is 4.02. The number of amides is 1. The molecule has 0 radical (unpaired) electrons. The number of benzene rings is 1. The molecule has 0 saturated carbocycles. The van der Waals surface area contributed by atoms with Crippen LogP contribution in [0.4, 0.5) is 6.01 Å². The summed E-state index contributed by atoms with van der Waals surface area (Å²) in [6, 6.07) is 11.9. The average molecular weight is 343 g/mol. The number of aryl methyl sites for hydroxylation is 3. The van der Waals surface area contributed by atoms with Crippen LogP contribution in [0.5, 0.6) is 0 Å². The van der Waals surface area contributed by atoms with Crippen LogP contribution in [0.2, 0.25) is 0 Å². The minimum atomic E-state index is -0.368. The largest absolute Gasteiger partial charge is 0.408 e. The second-order valence-corrected chi connectivity index (χ2v) is 6.33. The maximum Gasteiger partial charge on any atom is 0.322 e. The summed E-state index contributed by atoms with van der Waals surface area (Å²) in [6.45, 7) is 1.87. The summed E-state index contributed by atoms with van der Waals surface area (Å²) in [5.74, 6) is 0.942. The number of aromatic nitrogens is 4. The van der Waals surface area contributed by atoms with E-state index < -0.39 is 0 Å². The summed E-state index contributed by atoms with van der Waals surface area (Å²) in [5, 5.41) is 14.5. The Morgan fingerprint density at radius 3 is 2.79 bits per heavy atom. The van der Waals surface area contributed by atoms with Crippen LogP contribution in [-0.4, -0.2) is 31.6 Å². The molecule has 0 aliphatic heterocycles. The fraction of sp³-hybridized carbons (Fsp3) is 0.250. The van der Waals surface area contributed by atoms with Crippen molar-refractivity contribution in [2.45, 2.75) is 18.2 Å². The van der Waals surface area contributed by atoms with Crippen LogP contribution >= 0.6 is 11.8 Å². The number of hydrogen-bond acceptors (Lipinski definition) is 6. The van der Waals surface area contributed by atoms with E-state index in [9.17, 15) is 4.79 Å². The summed E-state index contributed by atoms with van der Waals surface area (Å²) < 4.78 is 7.08. The first-order chi connectivity index (χ1) is 11.6. The molecule has 0 atom stereocenters. The monoisotopic (exact) mass is 343 g/mol. The Morgan fingerprint density at radius 2 is 2.08 bits per heavy atom. The molecule has 1 aromatic carbocycles. The van der Waals surface area contributed by atoms with Gasteiger partial charge in [-0.2, -0.15) is 5.10 Å². The van der Waals surface area contributed by atoms with E-state index in [1.54, 1.807) is 29.6 Å². The number of carbonyl (C=O) groups excluding carboxylic acids is 1. The Hall–Kier alpha value is -2.61. The second kappa shape index (κ2) is 7.31. The third-order valence-corrected chi connectivity index (χ3v) is 4.38. The van der Waals surface area contributed by atoms with E-state index in [0.29, 0.717) is 18.0 Å². The molecule has 2 aromatic heterocycles. The first-order valence-electron chi connectivity index (χ1n) is 7.44. The molecular weight excluding hydrogens is 326 g/mol. The van der Waals surface area contributed by atoms with Gasteiger partial charge in [0, 0.05) is 29.8 Å². The van der Waals surface area contributed by atoms with Gasteiger partial charge in [-0.05, 0) is 25.1 Å². The van der Waals surface area contributed by atoms with Gasteiger partial charge in [0.05, 0.1) is 0 Å². The molecule has 1 N–H and O–H groups in total. The van der Waals surface area contributed by atoms with Crippen molar-refractivity contribution in [1.82, 2.24) is 20.0 Å². The Labute approximate surface area is 143 Å². The van der Waals surface area contributed by atoms with E-state index >= 15 is 0 Å². The van der Waals surface area contributed by atoms with Crippen molar-refractivity contribution in [3.05, 3.63) is 53.7 Å². The predicted molar refractivity (Wildman–Crippen MR) is 91.1 cm³/mol. The predicted octanol–water partition coefficient (Wildman–Crippen LogP) is 2.70. The quantitative estimate of drug-likeness (QED) is 0.693. The zero-order chi connectivity index (χ0) is 16.9. The Kier molecular flexibility index (Phi) is 4.95. The van der Waals surface area contributed by atoms with E-state index in [0.717, 1.165) is 11.4 Å². The SMILES string of the molecule is Cc1cc(C(=O)Nc2nnc(CCSc3ccccc3)o2)nn1C. The standard InChI is InChI=1S/C16H17N5O2S/c1-11-10-13(20-21(11)2)15(22)17-16-19-18-14(23-16)8-9-24-12-6-4-3-5-7-12/h3-7,10H,8-9H2,1-2H3,(H,17,19,22). The Balaban J connectivity index is 1.52. The van der Waals surface area contributed by atoms with E-state index in [1.165, 1.54) is 4.90 Å². The lowest BCUT2D eigenvalue weighted by atomic mass is 10.3. The molecule has 124 valence electrons. The van der Waals surface area contributed by atoms with Gasteiger partial charge in [-0.15, -0.1) is 16.9 Å². The van der Waals surface area contributed by atoms with Crippen molar-refractivity contribution in [2.75, 3.05) is 11.1 Å². The minimum Gasteiger partial charge on any atom is -0.408 e. The highest BCUT2D eigenvalue weighted by atomic mass is 32.2. The zero-order valence-corrected chi connectivity index (χ0v) is 14.2. The molecular formula is C16H17N5O2S. The van der Waals surface area contributed by atoms with Crippen molar-refractivity contribution >= 4 is 23.7 Å². The maximum absolute atomic E-state index is 12.1. The van der Waals surface area contributed by atoms with Gasteiger partial charge in [0.1, 0.15) is 0 Å². The molecule has 8 heteroatoms. The highest BCUT2D eigenvalue weighted by molar-refractivity contribution is 7.99. The minimum absolute atomic E-state index is 0.0861. The number of thioether (sulfide) groups is 1. The molecule has 0 unspecified atom stereocenters. The summed E-state index contributed by atoms with van der Waals surface area (Å²) in [6.07, 6.45) is 0.630. The lowest BCUT2D eigenvalue weighted by Crippen LogP contribution is -2.13. The van der Waals surface area contributed by atoms with E-state index in [1.807, 2.05) is 25.1 Å². The van der Waals surface area contributed by atoms with Gasteiger partial charge < -0.3 is 4.42 Å². The van der Waals surface area contributed by atoms with Crippen molar-refractivity contribution < 1.29 is 9.21 Å². The lowest BCUT2D eigenvalue weighted by molar-refractivity contribution is 0.101. The molecule has 3 rings (SSSR count). The Bertz CT molecular complexity index is 809. The van der Waals surface area contributed by atoms with Gasteiger partial charge in [0.15, 0.2) is 5.69 Å². The second-order valence-electron chi connectivity index (χ2n) is 5.16. The van der Waals surface area contributed by atoms with E-state index in [2.05, 4.69) is 32.7 Å². The summed E-state index contributed by atoms with van der Waals surface area (Å²) in [4.78, 5) is 13.3. The first kappa shape index (κ1) is 16.3. The molecule has 0 bridgehead atoms. The average Bonchev–Trinajstić information content (AvgIpc) is 3.15. The van der Waals surface area contributed by atoms with Gasteiger partial charge in [0.25, 0.3) is 5.91 Å². The first-order valence-corrected chi connectivity index (χ1v) is 8.42. The third-order valence-electron chi connectivity index (χ3n) is 3.36. The lowest BCUT2D eigenvalue weighted by Gasteiger charge is -1.98. The fourth-order valence-corrected chi connectivity index (χ4v) is 2.87. The number of carbonyl (C=O) groups is 1. The van der Waals surface area contributed by atoms with Gasteiger partial charge >= 0.3 is 6.01 Å². The number of rotatable bonds is 6. The molecule has 1 amide bonds. The molecule has 0 aliphatic rings. The van der Waals surface area contributed by atoms with Gasteiger partial charge in [-0.1, -0.05) is 23.3 Å². The summed E-state index contributed by atoms with van der Waals surface area (Å²) in [7, 11) is 1.78. The number of nitrogens with zero attached hydrogens (tertiary/aromatic N) is 4.